The van der Waals surface area contributed by atoms with Gasteiger partial charge in [-0.05, 0) is 40.3 Å². The Morgan fingerprint density at radius 3 is 0.792 bits per heavy atom. The lowest BCUT2D eigenvalue weighted by atomic mass is 9.80. The fraction of sp³-hybridized carbons (Fsp3) is 0.0714. The Kier molecular flexibility index (Phi) is 11.3. The Balaban J connectivity index is 0.000000689. The monoisotopic (exact) mass is 652 g/mol. The van der Waals surface area contributed by atoms with Crippen molar-refractivity contribution in [3.05, 3.63) is 228 Å². The Morgan fingerprint density at radius 1 is 0.479 bits per heavy atom. The number of aliphatic carboxylic acids is 1. The van der Waals surface area contributed by atoms with Crippen molar-refractivity contribution in [2.75, 3.05) is 0 Å². The molecule has 48 heavy (non-hydrogen) atoms. The first-order valence-electron chi connectivity index (χ1n) is 15.4. The summed E-state index contributed by atoms with van der Waals surface area (Å²) >= 11 is -2.26. The second kappa shape index (κ2) is 15.9. The topological polar surface area (TPSA) is 72.8 Å². The van der Waals surface area contributed by atoms with Gasteiger partial charge in [0.05, 0.1) is 0 Å². The van der Waals surface area contributed by atoms with Gasteiger partial charge in [0, 0.05) is 5.57 Å². The fourth-order valence-corrected chi connectivity index (χ4v) is 6.57. The van der Waals surface area contributed by atoms with E-state index in [1.165, 1.54) is 6.92 Å². The van der Waals surface area contributed by atoms with Crippen LogP contribution in [0.3, 0.4) is 0 Å². The van der Waals surface area contributed by atoms with Crippen LogP contribution in [0, 0.1) is 0 Å². The summed E-state index contributed by atoms with van der Waals surface area (Å²) in [6.07, 6.45) is 0. The van der Waals surface area contributed by atoms with Crippen molar-refractivity contribution in [3.8, 4) is 0 Å². The number of hydrogen-bond acceptors (Lipinski definition) is 4. The van der Waals surface area contributed by atoms with Crippen molar-refractivity contribution in [2.45, 2.75) is 18.1 Å². The summed E-state index contributed by atoms with van der Waals surface area (Å²) < 4.78 is 28.1. The molecule has 0 fully saturated rings. The molecule has 0 aliphatic heterocycles. The molecule has 6 aromatic carbocycles. The first-order chi connectivity index (χ1) is 23.4. The molecular weight excluding hydrogens is 617 g/mol. The highest BCUT2D eigenvalue weighted by Gasteiger charge is 2.45. The number of carboxylic acids is 1. The van der Waals surface area contributed by atoms with Crippen LogP contribution in [0.15, 0.2) is 194 Å². The summed E-state index contributed by atoms with van der Waals surface area (Å²) in [4.78, 5) is 9.60. The van der Waals surface area contributed by atoms with E-state index < -0.39 is 28.5 Å². The summed E-state index contributed by atoms with van der Waals surface area (Å²) in [7, 11) is 0. The lowest BCUT2D eigenvalue weighted by Crippen LogP contribution is -2.38. The fourth-order valence-electron chi connectivity index (χ4n) is 5.55. The van der Waals surface area contributed by atoms with Gasteiger partial charge >= 0.3 is 17.3 Å². The molecule has 0 bridgehead atoms. The first-order valence-corrected chi connectivity index (χ1v) is 16.4. The summed E-state index contributed by atoms with van der Waals surface area (Å²) in [6, 6.07) is 59.3. The van der Waals surface area contributed by atoms with Gasteiger partial charge in [0.1, 0.15) is 0 Å². The van der Waals surface area contributed by atoms with E-state index in [1.54, 1.807) is 0 Å². The second-order valence-electron chi connectivity index (χ2n) is 11.0. The van der Waals surface area contributed by atoms with Gasteiger partial charge in [0.2, 0.25) is 0 Å². The van der Waals surface area contributed by atoms with Gasteiger partial charge in [-0.3, -0.25) is 0 Å². The van der Waals surface area contributed by atoms with Crippen LogP contribution in [0.4, 0.5) is 0 Å². The largest absolute Gasteiger partial charge is 0.478 e. The van der Waals surface area contributed by atoms with Crippen LogP contribution in [0.1, 0.15) is 40.3 Å². The molecule has 0 radical (unpaired) electrons. The molecule has 0 aromatic heterocycles. The number of benzene rings is 6. The second-order valence-corrected chi connectivity index (χ2v) is 11.8. The van der Waals surface area contributed by atoms with Crippen molar-refractivity contribution in [2.24, 2.45) is 0 Å². The summed E-state index contributed by atoms with van der Waals surface area (Å²) in [6.45, 7) is 4.60. The van der Waals surface area contributed by atoms with Crippen LogP contribution in [-0.4, -0.2) is 15.3 Å². The number of carbonyl (C=O) groups is 1. The molecule has 5 nitrogen and oxygen atoms in total. The molecule has 6 heteroatoms. The number of carboxylic acid groups (broad SMARTS) is 1. The Hall–Kier alpha value is -5.40. The van der Waals surface area contributed by atoms with Gasteiger partial charge in [-0.2, -0.15) is 4.21 Å². The quantitative estimate of drug-likeness (QED) is 0.112. The average Bonchev–Trinajstić information content (AvgIpc) is 3.15. The van der Waals surface area contributed by atoms with Gasteiger partial charge in [-0.1, -0.05) is 189 Å². The van der Waals surface area contributed by atoms with E-state index in [2.05, 4.69) is 6.58 Å². The zero-order valence-corrected chi connectivity index (χ0v) is 27.3. The lowest BCUT2D eigenvalue weighted by Gasteiger charge is -2.38. The van der Waals surface area contributed by atoms with Gasteiger partial charge in [0.15, 0.2) is 11.2 Å². The van der Waals surface area contributed by atoms with Crippen LogP contribution in [0.5, 0.6) is 0 Å². The number of rotatable bonds is 11. The maximum absolute atomic E-state index is 14.6. The van der Waals surface area contributed by atoms with Crippen molar-refractivity contribution in [3.63, 3.8) is 0 Å². The standard InChI is InChI=1S/C38H30O3S.C4H6O2/c39-42(40-37(31-19-7-1-8-20-31,32-21-9-2-10-22-32)33-23-11-3-12-24-33)41-38(34-25-13-4-14-26-34,35-27-15-5-16-28-35)36-29-17-6-18-30-36;1-3(2)4(5)6/h1-30H;1H2,2H3,(H,5,6). The molecule has 0 unspecified atom stereocenters. The molecule has 0 saturated heterocycles. The van der Waals surface area contributed by atoms with Gasteiger partial charge in [-0.25, -0.2) is 13.2 Å². The SMILES string of the molecule is C=C(C)C(=O)O.O=S(OC(c1ccccc1)(c1ccccc1)c1ccccc1)OC(c1ccccc1)(c1ccccc1)c1ccccc1. The Labute approximate surface area is 284 Å². The maximum Gasteiger partial charge on any atom is 0.330 e. The zero-order valence-electron chi connectivity index (χ0n) is 26.5. The summed E-state index contributed by atoms with van der Waals surface area (Å²) in [5.41, 5.74) is 2.76. The Morgan fingerprint density at radius 2 is 0.646 bits per heavy atom. The third-order valence-electron chi connectivity index (χ3n) is 7.83. The Bertz CT molecular complexity index is 1580. The van der Waals surface area contributed by atoms with E-state index in [4.69, 9.17) is 13.5 Å². The average molecular weight is 653 g/mol. The molecular formula is C42H36O5S. The van der Waals surface area contributed by atoms with Crippen LogP contribution < -0.4 is 0 Å². The maximum atomic E-state index is 14.6. The molecule has 0 atom stereocenters. The van der Waals surface area contributed by atoms with E-state index in [9.17, 15) is 9.00 Å². The van der Waals surface area contributed by atoms with Crippen molar-refractivity contribution in [1.82, 2.24) is 0 Å². The minimum atomic E-state index is -2.26. The van der Waals surface area contributed by atoms with Crippen LogP contribution in [0.25, 0.3) is 0 Å². The van der Waals surface area contributed by atoms with Gasteiger partial charge in [-0.15, -0.1) is 0 Å². The lowest BCUT2D eigenvalue weighted by molar-refractivity contribution is -0.132. The summed E-state index contributed by atoms with van der Waals surface area (Å²) in [5, 5.41) is 7.89. The normalized spacial score (nSPS) is 11.3. The predicted octanol–water partition coefficient (Wildman–Crippen LogP) is 9.23. The molecule has 0 aliphatic rings. The highest BCUT2D eigenvalue weighted by Crippen LogP contribution is 2.45. The molecule has 0 spiro atoms. The highest BCUT2D eigenvalue weighted by atomic mass is 32.2. The van der Waals surface area contributed by atoms with Gasteiger partial charge < -0.3 is 5.11 Å². The molecule has 0 heterocycles. The highest BCUT2D eigenvalue weighted by molar-refractivity contribution is 7.75. The predicted molar refractivity (Wildman–Crippen MR) is 191 cm³/mol. The van der Waals surface area contributed by atoms with Crippen LogP contribution in [0.2, 0.25) is 0 Å². The van der Waals surface area contributed by atoms with E-state index >= 15 is 0 Å². The minimum Gasteiger partial charge on any atom is -0.478 e. The van der Waals surface area contributed by atoms with Crippen molar-refractivity contribution < 1.29 is 22.5 Å². The molecule has 0 aliphatic carbocycles. The van der Waals surface area contributed by atoms with E-state index in [-0.39, 0.29) is 5.57 Å². The van der Waals surface area contributed by atoms with Crippen molar-refractivity contribution >= 4 is 17.3 Å². The third-order valence-corrected chi connectivity index (χ3v) is 8.61. The van der Waals surface area contributed by atoms with E-state index in [0.29, 0.717) is 0 Å². The minimum absolute atomic E-state index is 0.176. The first kappa shape index (κ1) is 33.9. The molecule has 1 N–H and O–H groups in total. The van der Waals surface area contributed by atoms with E-state index in [1.807, 2.05) is 182 Å². The molecule has 0 amide bonds. The molecule has 6 aromatic rings. The van der Waals surface area contributed by atoms with Crippen LogP contribution in [-0.2, 0) is 35.7 Å². The van der Waals surface area contributed by atoms with Crippen molar-refractivity contribution in [1.29, 1.82) is 0 Å². The number of hydrogen-bond donors (Lipinski definition) is 1. The van der Waals surface area contributed by atoms with Crippen LogP contribution >= 0.6 is 0 Å². The smallest absolute Gasteiger partial charge is 0.330 e. The summed E-state index contributed by atoms with van der Waals surface area (Å²) in [5.74, 6) is -0.935. The molecule has 6 rings (SSSR count). The van der Waals surface area contributed by atoms with Gasteiger partial charge in [0.25, 0.3) is 0 Å². The van der Waals surface area contributed by atoms with E-state index in [0.717, 1.165) is 33.4 Å². The molecule has 0 saturated carbocycles. The zero-order chi connectivity index (χ0) is 33.8. The molecule has 240 valence electrons. The third kappa shape index (κ3) is 7.42.